The molecule has 1 atom stereocenters. The average Bonchev–Trinajstić information content (AvgIpc) is 3.13. The second kappa shape index (κ2) is 8.02. The fourth-order valence-corrected chi connectivity index (χ4v) is 3.69. The van der Waals surface area contributed by atoms with Crippen molar-refractivity contribution in [3.05, 3.63) is 35.8 Å². The molecule has 2 amide bonds. The molecule has 2 aliphatic rings. The number of anilines is 3. The number of hydrogen-bond donors (Lipinski definition) is 2. The van der Waals surface area contributed by atoms with Gasteiger partial charge in [0, 0.05) is 44.9 Å². The average molecular weight is 395 g/mol. The Labute approximate surface area is 169 Å². The minimum atomic E-state index is -0.368. The first-order chi connectivity index (χ1) is 14.0. The normalized spacial score (nSPS) is 19.2. The van der Waals surface area contributed by atoms with Crippen LogP contribution in [0.2, 0.25) is 0 Å². The molecule has 29 heavy (non-hydrogen) atoms. The molecule has 2 aromatic rings. The number of hydrogen-bond acceptors (Lipinski definition) is 7. The smallest absolute Gasteiger partial charge is 0.245 e. The summed E-state index contributed by atoms with van der Waals surface area (Å²) in [7, 11) is 0. The van der Waals surface area contributed by atoms with Crippen molar-refractivity contribution in [1.29, 1.82) is 0 Å². The van der Waals surface area contributed by atoms with Gasteiger partial charge in [-0.05, 0) is 38.0 Å². The highest BCUT2D eigenvalue weighted by Gasteiger charge is 2.32. The van der Waals surface area contributed by atoms with Crippen LogP contribution in [0.15, 0.2) is 24.4 Å². The van der Waals surface area contributed by atoms with Crippen LogP contribution in [0.25, 0.3) is 0 Å². The lowest BCUT2D eigenvalue weighted by Gasteiger charge is -2.36. The Morgan fingerprint density at radius 3 is 2.62 bits per heavy atom. The van der Waals surface area contributed by atoms with Gasteiger partial charge < -0.3 is 20.4 Å². The van der Waals surface area contributed by atoms with E-state index < -0.39 is 0 Å². The highest BCUT2D eigenvalue weighted by Crippen LogP contribution is 2.21. The van der Waals surface area contributed by atoms with Gasteiger partial charge in [0.25, 0.3) is 0 Å². The first-order valence-electron chi connectivity index (χ1n) is 9.86. The summed E-state index contributed by atoms with van der Waals surface area (Å²) < 4.78 is 0. The second-order valence-corrected chi connectivity index (χ2v) is 7.47. The number of pyridine rings is 1. The number of aromatic nitrogens is 3. The predicted octanol–water partition coefficient (Wildman–Crippen LogP) is 1.16. The van der Waals surface area contributed by atoms with Gasteiger partial charge in [0.2, 0.25) is 11.8 Å². The van der Waals surface area contributed by atoms with Crippen molar-refractivity contribution in [2.24, 2.45) is 0 Å². The van der Waals surface area contributed by atoms with Gasteiger partial charge in [-0.3, -0.25) is 9.59 Å². The Kier molecular flexibility index (Phi) is 5.28. The van der Waals surface area contributed by atoms with Crippen LogP contribution in [0.1, 0.15) is 24.2 Å². The molecule has 0 unspecified atom stereocenters. The van der Waals surface area contributed by atoms with Crippen molar-refractivity contribution in [2.45, 2.75) is 32.7 Å². The molecule has 0 aliphatic carbocycles. The first-order valence-corrected chi connectivity index (χ1v) is 9.86. The maximum absolute atomic E-state index is 12.6. The molecule has 9 heteroatoms. The molecular weight excluding hydrogens is 370 g/mol. The molecule has 0 aromatic carbocycles. The zero-order valence-electron chi connectivity index (χ0n) is 16.7. The van der Waals surface area contributed by atoms with E-state index in [9.17, 15) is 9.59 Å². The van der Waals surface area contributed by atoms with E-state index in [1.54, 1.807) is 6.20 Å². The lowest BCUT2D eigenvalue weighted by molar-refractivity contribution is -0.134. The van der Waals surface area contributed by atoms with E-state index in [2.05, 4.69) is 30.5 Å². The quantitative estimate of drug-likeness (QED) is 0.801. The third-order valence-electron chi connectivity index (χ3n) is 5.20. The maximum Gasteiger partial charge on any atom is 0.245 e. The number of piperazine rings is 1. The standard InChI is InChI=1S/C20H25N7O2/c1-13-5-6-21-16(11-13)25-17-12-18(23-14(2)22-17)26-7-9-27(10-8-26)20(29)15-3-4-19(28)24-15/h5-6,11-12,15H,3-4,7-10H2,1-2H3,(H,24,28)(H,21,22,23,25)/t15-/m1/s1. The van der Waals surface area contributed by atoms with Gasteiger partial charge in [-0.15, -0.1) is 0 Å². The number of rotatable bonds is 4. The van der Waals surface area contributed by atoms with Gasteiger partial charge in [-0.25, -0.2) is 15.0 Å². The summed E-state index contributed by atoms with van der Waals surface area (Å²) in [5, 5.41) is 6.00. The van der Waals surface area contributed by atoms with Crippen molar-refractivity contribution in [1.82, 2.24) is 25.2 Å². The summed E-state index contributed by atoms with van der Waals surface area (Å²) in [5.41, 5.74) is 1.12. The van der Waals surface area contributed by atoms with Gasteiger partial charge in [0.15, 0.2) is 0 Å². The van der Waals surface area contributed by atoms with E-state index in [0.717, 1.165) is 17.2 Å². The van der Waals surface area contributed by atoms with E-state index in [1.807, 2.05) is 36.9 Å². The van der Waals surface area contributed by atoms with E-state index in [-0.39, 0.29) is 17.9 Å². The minimum absolute atomic E-state index is 0.0160. The van der Waals surface area contributed by atoms with E-state index in [1.165, 1.54) is 0 Å². The third kappa shape index (κ3) is 4.44. The van der Waals surface area contributed by atoms with E-state index >= 15 is 0 Å². The number of nitrogens with one attached hydrogen (secondary N) is 2. The van der Waals surface area contributed by atoms with Crippen LogP contribution in [0, 0.1) is 13.8 Å². The van der Waals surface area contributed by atoms with Gasteiger partial charge in [0.05, 0.1) is 0 Å². The molecule has 0 spiro atoms. The van der Waals surface area contributed by atoms with E-state index in [4.69, 9.17) is 0 Å². The molecule has 9 nitrogen and oxygen atoms in total. The second-order valence-electron chi connectivity index (χ2n) is 7.47. The zero-order chi connectivity index (χ0) is 20.4. The monoisotopic (exact) mass is 395 g/mol. The van der Waals surface area contributed by atoms with Gasteiger partial charge >= 0.3 is 0 Å². The lowest BCUT2D eigenvalue weighted by Crippen LogP contribution is -2.53. The van der Waals surface area contributed by atoms with Crippen LogP contribution in [-0.2, 0) is 9.59 Å². The van der Waals surface area contributed by atoms with Crippen LogP contribution in [0.3, 0.4) is 0 Å². The number of carbonyl (C=O) groups is 2. The minimum Gasteiger partial charge on any atom is -0.353 e. The Bertz CT molecular complexity index is 925. The largest absolute Gasteiger partial charge is 0.353 e. The van der Waals surface area contributed by atoms with E-state index in [0.29, 0.717) is 50.7 Å². The molecule has 0 radical (unpaired) electrons. The number of nitrogens with zero attached hydrogens (tertiary/aromatic N) is 5. The van der Waals surface area contributed by atoms with Crippen molar-refractivity contribution >= 4 is 29.3 Å². The molecule has 152 valence electrons. The van der Waals surface area contributed by atoms with Crippen LogP contribution in [-0.4, -0.2) is 63.9 Å². The lowest BCUT2D eigenvalue weighted by atomic mass is 10.2. The third-order valence-corrected chi connectivity index (χ3v) is 5.20. The fourth-order valence-electron chi connectivity index (χ4n) is 3.69. The topological polar surface area (TPSA) is 103 Å². The Balaban J connectivity index is 1.41. The predicted molar refractivity (Wildman–Crippen MR) is 109 cm³/mol. The summed E-state index contributed by atoms with van der Waals surface area (Å²) in [5.74, 6) is 2.91. The molecule has 2 saturated heterocycles. The molecule has 2 aliphatic heterocycles. The molecule has 0 saturated carbocycles. The highest BCUT2D eigenvalue weighted by molar-refractivity contribution is 5.90. The summed E-state index contributed by atoms with van der Waals surface area (Å²) in [6, 6.07) is 5.45. The number of carbonyl (C=O) groups excluding carboxylic acids is 2. The Morgan fingerprint density at radius 2 is 1.93 bits per heavy atom. The summed E-state index contributed by atoms with van der Waals surface area (Å²) in [6.45, 7) is 6.46. The SMILES string of the molecule is Cc1ccnc(Nc2cc(N3CCN(C(=O)[C@H]4CCC(=O)N4)CC3)nc(C)n2)c1. The molecule has 2 fully saturated rings. The van der Waals surface area contributed by atoms with Crippen molar-refractivity contribution < 1.29 is 9.59 Å². The van der Waals surface area contributed by atoms with Crippen LogP contribution in [0.4, 0.5) is 17.5 Å². The van der Waals surface area contributed by atoms with Crippen LogP contribution in [0.5, 0.6) is 0 Å². The molecular formula is C20H25N7O2. The molecule has 4 heterocycles. The van der Waals surface area contributed by atoms with Gasteiger partial charge in [-0.1, -0.05) is 0 Å². The Hall–Kier alpha value is -3.23. The maximum atomic E-state index is 12.6. The number of aryl methyl sites for hydroxylation is 2. The zero-order valence-corrected chi connectivity index (χ0v) is 16.7. The molecule has 0 bridgehead atoms. The van der Waals surface area contributed by atoms with Crippen LogP contribution >= 0.6 is 0 Å². The van der Waals surface area contributed by atoms with Crippen molar-refractivity contribution in [3.8, 4) is 0 Å². The summed E-state index contributed by atoms with van der Waals surface area (Å²) >= 11 is 0. The highest BCUT2D eigenvalue weighted by atomic mass is 16.2. The van der Waals surface area contributed by atoms with Gasteiger partial charge in [-0.2, -0.15) is 0 Å². The fraction of sp³-hybridized carbons (Fsp3) is 0.450. The van der Waals surface area contributed by atoms with Crippen molar-refractivity contribution in [2.75, 3.05) is 36.4 Å². The van der Waals surface area contributed by atoms with Crippen LogP contribution < -0.4 is 15.5 Å². The number of amides is 2. The molecule has 4 rings (SSSR count). The Morgan fingerprint density at radius 1 is 1.14 bits per heavy atom. The molecule has 2 aromatic heterocycles. The van der Waals surface area contributed by atoms with Gasteiger partial charge in [0.1, 0.15) is 29.3 Å². The summed E-state index contributed by atoms with van der Waals surface area (Å²) in [4.78, 5) is 41.3. The summed E-state index contributed by atoms with van der Waals surface area (Å²) in [6.07, 6.45) is 2.78. The first kappa shape index (κ1) is 19.1. The molecule has 2 N–H and O–H groups in total. The van der Waals surface area contributed by atoms with Crippen molar-refractivity contribution in [3.63, 3.8) is 0 Å².